The summed E-state index contributed by atoms with van der Waals surface area (Å²) >= 11 is 0. The highest BCUT2D eigenvalue weighted by Crippen LogP contribution is 2.26. The molecule has 0 aliphatic carbocycles. The third-order valence-electron chi connectivity index (χ3n) is 4.02. The maximum absolute atomic E-state index is 11.6. The minimum absolute atomic E-state index is 0.239. The first-order valence-corrected chi connectivity index (χ1v) is 9.72. The summed E-state index contributed by atoms with van der Waals surface area (Å²) in [5.74, 6) is 0.540. The van der Waals surface area contributed by atoms with Crippen LogP contribution in [0.2, 0.25) is 0 Å². The number of nitrogens with zero attached hydrogens (tertiary/aromatic N) is 3. The lowest BCUT2D eigenvalue weighted by Crippen LogP contribution is -2.41. The summed E-state index contributed by atoms with van der Waals surface area (Å²) in [6.07, 6.45) is 6.20. The first kappa shape index (κ1) is 16.7. The van der Waals surface area contributed by atoms with Crippen LogP contribution in [0.1, 0.15) is 12.8 Å². The third kappa shape index (κ3) is 4.21. The monoisotopic (exact) mass is 347 g/mol. The van der Waals surface area contributed by atoms with E-state index in [1.165, 1.54) is 10.6 Å². The molecule has 0 bridgehead atoms. The van der Waals surface area contributed by atoms with Crippen molar-refractivity contribution in [2.24, 2.45) is 0 Å². The number of para-hydroxylation sites is 2. The van der Waals surface area contributed by atoms with Crippen LogP contribution in [-0.4, -0.2) is 48.1 Å². The Bertz CT molecular complexity index is 774. The summed E-state index contributed by atoms with van der Waals surface area (Å²) in [6.45, 7) is 1.10. The molecular weight excluding hydrogens is 326 g/mol. The van der Waals surface area contributed by atoms with E-state index in [1.807, 2.05) is 24.3 Å². The minimum atomic E-state index is -3.09. The van der Waals surface area contributed by atoms with Crippen LogP contribution < -0.4 is 10.6 Å². The Morgan fingerprint density at radius 2 is 1.67 bits per heavy atom. The number of aromatic nitrogens is 2. The summed E-state index contributed by atoms with van der Waals surface area (Å²) in [4.78, 5) is 8.35. The SMILES string of the molecule is CS(=O)(=O)N1CCC(Nc2ccccc2Nc2ncccn2)CC1. The number of rotatable bonds is 5. The summed E-state index contributed by atoms with van der Waals surface area (Å²) in [6, 6.07) is 9.87. The summed E-state index contributed by atoms with van der Waals surface area (Å²) in [7, 11) is -3.09. The Kier molecular flexibility index (Phi) is 4.96. The van der Waals surface area contributed by atoms with Crippen molar-refractivity contribution in [2.45, 2.75) is 18.9 Å². The number of anilines is 3. The topological polar surface area (TPSA) is 87.2 Å². The number of benzene rings is 1. The molecule has 24 heavy (non-hydrogen) atoms. The molecule has 0 saturated carbocycles. The Morgan fingerprint density at radius 1 is 1.04 bits per heavy atom. The lowest BCUT2D eigenvalue weighted by Gasteiger charge is -2.31. The molecule has 0 unspecified atom stereocenters. The third-order valence-corrected chi connectivity index (χ3v) is 5.33. The van der Waals surface area contributed by atoms with Gasteiger partial charge in [0, 0.05) is 31.5 Å². The molecule has 1 aliphatic heterocycles. The van der Waals surface area contributed by atoms with Crippen molar-refractivity contribution >= 4 is 27.3 Å². The number of hydrogen-bond donors (Lipinski definition) is 2. The van der Waals surface area contributed by atoms with E-state index in [1.54, 1.807) is 18.5 Å². The Balaban J connectivity index is 1.66. The Hall–Kier alpha value is -2.19. The number of sulfonamides is 1. The Labute approximate surface area is 142 Å². The lowest BCUT2D eigenvalue weighted by molar-refractivity contribution is 0.332. The van der Waals surface area contributed by atoms with E-state index in [4.69, 9.17) is 0 Å². The van der Waals surface area contributed by atoms with Crippen molar-refractivity contribution < 1.29 is 8.42 Å². The fraction of sp³-hybridized carbons (Fsp3) is 0.375. The van der Waals surface area contributed by atoms with Crippen LogP contribution in [0.25, 0.3) is 0 Å². The molecule has 7 nitrogen and oxygen atoms in total. The van der Waals surface area contributed by atoms with Crippen LogP contribution in [0.3, 0.4) is 0 Å². The van der Waals surface area contributed by atoms with E-state index in [-0.39, 0.29) is 6.04 Å². The molecule has 1 aromatic carbocycles. The molecule has 1 saturated heterocycles. The standard InChI is InChI=1S/C16H21N5O2S/c1-24(22,23)21-11-7-13(8-12-21)19-14-5-2-3-6-15(14)20-16-17-9-4-10-18-16/h2-6,9-10,13,19H,7-8,11-12H2,1H3,(H,17,18,20). The molecule has 0 spiro atoms. The highest BCUT2D eigenvalue weighted by molar-refractivity contribution is 7.88. The van der Waals surface area contributed by atoms with Crippen LogP contribution in [0.5, 0.6) is 0 Å². The zero-order valence-electron chi connectivity index (χ0n) is 13.5. The van der Waals surface area contributed by atoms with Crippen molar-refractivity contribution in [3.63, 3.8) is 0 Å². The van der Waals surface area contributed by atoms with Crippen LogP contribution in [0.4, 0.5) is 17.3 Å². The lowest BCUT2D eigenvalue weighted by atomic mass is 10.1. The largest absolute Gasteiger partial charge is 0.381 e. The first-order chi connectivity index (χ1) is 11.5. The van der Waals surface area contributed by atoms with Gasteiger partial charge < -0.3 is 10.6 Å². The molecule has 2 aromatic rings. The van der Waals surface area contributed by atoms with Crippen LogP contribution in [-0.2, 0) is 10.0 Å². The predicted molar refractivity (Wildman–Crippen MR) is 94.8 cm³/mol. The van der Waals surface area contributed by atoms with Crippen molar-refractivity contribution in [3.8, 4) is 0 Å². The molecular formula is C16H21N5O2S. The van der Waals surface area contributed by atoms with Crippen LogP contribution in [0.15, 0.2) is 42.7 Å². The number of hydrogen-bond acceptors (Lipinski definition) is 6. The number of piperidine rings is 1. The summed E-state index contributed by atoms with van der Waals surface area (Å²) in [5, 5.41) is 6.71. The summed E-state index contributed by atoms with van der Waals surface area (Å²) in [5.41, 5.74) is 1.86. The first-order valence-electron chi connectivity index (χ1n) is 7.87. The van der Waals surface area contributed by atoms with Crippen LogP contribution in [0, 0.1) is 0 Å². The molecule has 8 heteroatoms. The molecule has 1 fully saturated rings. The van der Waals surface area contributed by atoms with E-state index >= 15 is 0 Å². The summed E-state index contributed by atoms with van der Waals surface area (Å²) < 4.78 is 24.7. The average molecular weight is 347 g/mol. The predicted octanol–water partition coefficient (Wildman–Crippen LogP) is 2.06. The fourth-order valence-corrected chi connectivity index (χ4v) is 3.63. The van der Waals surface area contributed by atoms with Gasteiger partial charge >= 0.3 is 0 Å². The van der Waals surface area contributed by atoms with E-state index in [0.717, 1.165) is 24.2 Å². The van der Waals surface area contributed by atoms with Crippen molar-refractivity contribution in [3.05, 3.63) is 42.7 Å². The zero-order valence-corrected chi connectivity index (χ0v) is 14.3. The van der Waals surface area contributed by atoms with Gasteiger partial charge in [-0.1, -0.05) is 12.1 Å². The second-order valence-corrected chi connectivity index (χ2v) is 7.81. The van der Waals surface area contributed by atoms with Gasteiger partial charge in [-0.05, 0) is 31.0 Å². The molecule has 128 valence electrons. The van der Waals surface area contributed by atoms with E-state index in [2.05, 4.69) is 20.6 Å². The molecule has 0 amide bonds. The average Bonchev–Trinajstić information content (AvgIpc) is 2.57. The van der Waals surface area contributed by atoms with Crippen LogP contribution >= 0.6 is 0 Å². The normalized spacial score (nSPS) is 16.7. The second kappa shape index (κ2) is 7.14. The van der Waals surface area contributed by atoms with E-state index in [9.17, 15) is 8.42 Å². The van der Waals surface area contributed by atoms with Gasteiger partial charge in [-0.25, -0.2) is 22.7 Å². The van der Waals surface area contributed by atoms with Gasteiger partial charge in [0.25, 0.3) is 0 Å². The smallest absolute Gasteiger partial charge is 0.227 e. The minimum Gasteiger partial charge on any atom is -0.381 e. The molecule has 1 aliphatic rings. The highest BCUT2D eigenvalue weighted by atomic mass is 32.2. The quantitative estimate of drug-likeness (QED) is 0.861. The molecule has 1 aromatic heterocycles. The molecule has 2 N–H and O–H groups in total. The Morgan fingerprint density at radius 3 is 2.29 bits per heavy atom. The molecule has 0 atom stereocenters. The fourth-order valence-electron chi connectivity index (χ4n) is 2.75. The molecule has 2 heterocycles. The van der Waals surface area contributed by atoms with Gasteiger partial charge in [-0.15, -0.1) is 0 Å². The van der Waals surface area contributed by atoms with Gasteiger partial charge in [0.1, 0.15) is 0 Å². The maximum atomic E-state index is 11.6. The van der Waals surface area contributed by atoms with Crippen molar-refractivity contribution in [2.75, 3.05) is 30.0 Å². The molecule has 3 rings (SSSR count). The molecule has 0 radical (unpaired) electrons. The second-order valence-electron chi connectivity index (χ2n) is 5.82. The van der Waals surface area contributed by atoms with Gasteiger partial charge in [0.15, 0.2) is 0 Å². The van der Waals surface area contributed by atoms with E-state index < -0.39 is 10.0 Å². The van der Waals surface area contributed by atoms with E-state index in [0.29, 0.717) is 19.0 Å². The highest BCUT2D eigenvalue weighted by Gasteiger charge is 2.25. The van der Waals surface area contributed by atoms with Gasteiger partial charge in [0.2, 0.25) is 16.0 Å². The van der Waals surface area contributed by atoms with Gasteiger partial charge in [-0.3, -0.25) is 0 Å². The maximum Gasteiger partial charge on any atom is 0.227 e. The van der Waals surface area contributed by atoms with Crippen molar-refractivity contribution in [1.29, 1.82) is 0 Å². The van der Waals surface area contributed by atoms with Gasteiger partial charge in [-0.2, -0.15) is 0 Å². The van der Waals surface area contributed by atoms with Crippen molar-refractivity contribution in [1.82, 2.24) is 14.3 Å². The number of nitrogens with one attached hydrogen (secondary N) is 2. The van der Waals surface area contributed by atoms with Gasteiger partial charge in [0.05, 0.1) is 17.6 Å². The zero-order chi connectivity index (χ0) is 17.0.